The minimum Gasteiger partial charge on any atom is -0.497 e. The van der Waals surface area contributed by atoms with Crippen LogP contribution in [0.1, 0.15) is 55.7 Å². The van der Waals surface area contributed by atoms with Gasteiger partial charge in [-0.15, -0.1) is 0 Å². The quantitative estimate of drug-likeness (QED) is 0.496. The predicted octanol–water partition coefficient (Wildman–Crippen LogP) is 4.02. The van der Waals surface area contributed by atoms with Crippen molar-refractivity contribution in [1.82, 2.24) is 10.6 Å². The molecular formula is C27H38N2O3. The van der Waals surface area contributed by atoms with Crippen LogP contribution in [0, 0.1) is 5.92 Å². The summed E-state index contributed by atoms with van der Waals surface area (Å²) in [6, 6.07) is 16.2. The fourth-order valence-electron chi connectivity index (χ4n) is 4.70. The van der Waals surface area contributed by atoms with Crippen LogP contribution < -0.4 is 15.4 Å². The van der Waals surface area contributed by atoms with Crippen LogP contribution in [0.5, 0.6) is 5.75 Å². The second-order valence-electron chi connectivity index (χ2n) is 9.09. The van der Waals surface area contributed by atoms with E-state index in [4.69, 9.17) is 4.74 Å². The van der Waals surface area contributed by atoms with Crippen LogP contribution in [0.4, 0.5) is 0 Å². The maximum Gasteiger partial charge on any atom is 0.217 e. The molecule has 1 aliphatic carbocycles. The molecule has 0 aromatic heterocycles. The van der Waals surface area contributed by atoms with E-state index >= 15 is 0 Å². The van der Waals surface area contributed by atoms with Crippen LogP contribution in [0.15, 0.2) is 48.5 Å². The third-order valence-corrected chi connectivity index (χ3v) is 6.37. The number of hydrogen-bond acceptors (Lipinski definition) is 4. The Morgan fingerprint density at radius 3 is 2.53 bits per heavy atom. The Bertz CT molecular complexity index is 848. The van der Waals surface area contributed by atoms with Gasteiger partial charge in [-0.1, -0.05) is 68.5 Å². The fourth-order valence-corrected chi connectivity index (χ4v) is 4.70. The Hall–Kier alpha value is -2.37. The number of benzene rings is 2. The lowest BCUT2D eigenvalue weighted by Gasteiger charge is -2.25. The molecule has 1 amide bonds. The number of carbonyl (C=O) groups excluding carboxylic acids is 1. The Morgan fingerprint density at radius 2 is 1.78 bits per heavy atom. The van der Waals surface area contributed by atoms with Crippen LogP contribution >= 0.6 is 0 Å². The number of aliphatic hydroxyl groups is 1. The molecule has 2 atom stereocenters. The van der Waals surface area contributed by atoms with Crippen LogP contribution in [0.25, 0.3) is 0 Å². The van der Waals surface area contributed by atoms with Crippen molar-refractivity contribution >= 4 is 5.91 Å². The molecule has 0 bridgehead atoms. The highest BCUT2D eigenvalue weighted by molar-refractivity contribution is 5.73. The molecule has 1 unspecified atom stereocenters. The average molecular weight is 439 g/mol. The van der Waals surface area contributed by atoms with Crippen LogP contribution in [-0.4, -0.2) is 36.8 Å². The summed E-state index contributed by atoms with van der Waals surface area (Å²) in [5.74, 6) is 1.48. The first-order valence-electron chi connectivity index (χ1n) is 11.9. The van der Waals surface area contributed by atoms with Crippen LogP contribution in [0.3, 0.4) is 0 Å². The molecule has 3 rings (SSSR count). The topological polar surface area (TPSA) is 70.6 Å². The molecule has 0 spiro atoms. The molecule has 0 heterocycles. The summed E-state index contributed by atoms with van der Waals surface area (Å²) in [4.78, 5) is 11.8. The first-order valence-corrected chi connectivity index (χ1v) is 11.9. The Balaban J connectivity index is 1.56. The summed E-state index contributed by atoms with van der Waals surface area (Å²) in [7, 11) is 1.65. The molecule has 3 N–H and O–H groups in total. The van der Waals surface area contributed by atoms with E-state index in [-0.39, 0.29) is 11.9 Å². The molecule has 1 fully saturated rings. The van der Waals surface area contributed by atoms with Crippen LogP contribution in [-0.2, 0) is 24.2 Å². The van der Waals surface area contributed by atoms with E-state index in [1.807, 2.05) is 24.3 Å². The van der Waals surface area contributed by atoms with Gasteiger partial charge in [0, 0.05) is 20.0 Å². The van der Waals surface area contributed by atoms with Gasteiger partial charge < -0.3 is 20.5 Å². The molecule has 0 radical (unpaired) electrons. The number of ether oxygens (including phenoxy) is 1. The molecule has 1 aliphatic rings. The number of carbonyl (C=O) groups is 1. The number of methoxy groups -OCH3 is 1. The molecule has 5 heteroatoms. The summed E-state index contributed by atoms with van der Waals surface area (Å²) in [6.45, 7) is 2.52. The van der Waals surface area contributed by atoms with Crippen molar-refractivity contribution in [2.75, 3.05) is 13.7 Å². The molecule has 2 aromatic carbocycles. The lowest BCUT2D eigenvalue weighted by molar-refractivity contribution is -0.120. The molecular weight excluding hydrogens is 400 g/mol. The summed E-state index contributed by atoms with van der Waals surface area (Å²) in [5, 5.41) is 17.1. The van der Waals surface area contributed by atoms with Gasteiger partial charge in [0.15, 0.2) is 0 Å². The van der Waals surface area contributed by atoms with Gasteiger partial charge in [-0.25, -0.2) is 0 Å². The predicted molar refractivity (Wildman–Crippen MR) is 129 cm³/mol. The van der Waals surface area contributed by atoms with Crippen molar-refractivity contribution in [3.05, 3.63) is 65.2 Å². The second kappa shape index (κ2) is 12.6. The molecule has 5 nitrogen and oxygen atoms in total. The fraction of sp³-hybridized carbons (Fsp3) is 0.519. The van der Waals surface area contributed by atoms with Gasteiger partial charge in [-0.05, 0) is 47.6 Å². The number of hydrogen-bond donors (Lipinski definition) is 3. The Morgan fingerprint density at radius 1 is 1.06 bits per heavy atom. The summed E-state index contributed by atoms with van der Waals surface area (Å²) < 4.78 is 5.26. The third-order valence-electron chi connectivity index (χ3n) is 6.37. The first kappa shape index (κ1) is 24.3. The summed E-state index contributed by atoms with van der Waals surface area (Å²) in [5.41, 5.74) is 3.61. The number of nitrogens with one attached hydrogen (secondary N) is 2. The van der Waals surface area contributed by atoms with Gasteiger partial charge in [-0.3, -0.25) is 4.79 Å². The highest BCUT2D eigenvalue weighted by Gasteiger charge is 2.21. The van der Waals surface area contributed by atoms with Crippen molar-refractivity contribution in [2.45, 2.75) is 70.6 Å². The first-order chi connectivity index (χ1) is 15.5. The Kier molecular flexibility index (Phi) is 9.57. The number of aliphatic hydroxyl groups excluding tert-OH is 1. The lowest BCUT2D eigenvalue weighted by Crippen LogP contribution is -2.48. The number of amides is 1. The van der Waals surface area contributed by atoms with E-state index in [1.54, 1.807) is 7.11 Å². The minimum absolute atomic E-state index is 0.125. The standard InChI is InChI=1S/C27H38N2O3/c1-20(30)29-26(27(31)19-28-18-24-12-7-13-25(16-24)32-2)17-23-11-6-10-22(15-23)14-21-8-4-3-5-9-21/h6-7,10-13,15-16,21,26-28,31H,3-5,8-9,14,17-19H2,1-2H3,(H,29,30)/t26?,27-/m1/s1. The molecule has 32 heavy (non-hydrogen) atoms. The van der Waals surface area contributed by atoms with E-state index in [2.05, 4.69) is 34.9 Å². The molecule has 174 valence electrons. The van der Waals surface area contributed by atoms with Gasteiger partial charge in [0.1, 0.15) is 5.75 Å². The highest BCUT2D eigenvalue weighted by Crippen LogP contribution is 2.27. The lowest BCUT2D eigenvalue weighted by atomic mass is 9.84. The molecule has 0 saturated heterocycles. The maximum atomic E-state index is 11.8. The largest absolute Gasteiger partial charge is 0.497 e. The maximum absolute atomic E-state index is 11.8. The Labute approximate surface area is 192 Å². The van der Waals surface area contributed by atoms with Crippen molar-refractivity contribution in [3.8, 4) is 5.75 Å². The van der Waals surface area contributed by atoms with Crippen molar-refractivity contribution in [2.24, 2.45) is 5.92 Å². The van der Waals surface area contributed by atoms with Gasteiger partial charge >= 0.3 is 0 Å². The van der Waals surface area contributed by atoms with E-state index in [0.717, 1.165) is 29.2 Å². The molecule has 2 aromatic rings. The zero-order chi connectivity index (χ0) is 22.8. The summed E-state index contributed by atoms with van der Waals surface area (Å²) in [6.07, 6.45) is 7.79. The highest BCUT2D eigenvalue weighted by atomic mass is 16.5. The van der Waals surface area contributed by atoms with Gasteiger partial charge in [0.25, 0.3) is 0 Å². The van der Waals surface area contributed by atoms with E-state index in [0.29, 0.717) is 19.5 Å². The van der Waals surface area contributed by atoms with Gasteiger partial charge in [0.05, 0.1) is 19.3 Å². The van der Waals surface area contributed by atoms with Gasteiger partial charge in [-0.2, -0.15) is 0 Å². The SMILES string of the molecule is COc1cccc(CNC[C@@H](O)C(Cc2cccc(CC3CCCCC3)c2)NC(C)=O)c1. The monoisotopic (exact) mass is 438 g/mol. The molecule has 1 saturated carbocycles. The van der Waals surface area contributed by atoms with Crippen molar-refractivity contribution < 1.29 is 14.6 Å². The number of rotatable bonds is 11. The zero-order valence-corrected chi connectivity index (χ0v) is 19.5. The summed E-state index contributed by atoms with van der Waals surface area (Å²) >= 11 is 0. The second-order valence-corrected chi connectivity index (χ2v) is 9.09. The van der Waals surface area contributed by atoms with Crippen molar-refractivity contribution in [1.29, 1.82) is 0 Å². The zero-order valence-electron chi connectivity index (χ0n) is 19.5. The third kappa shape index (κ3) is 7.95. The van der Waals surface area contributed by atoms with E-state index < -0.39 is 6.10 Å². The normalized spacial score (nSPS) is 16.3. The van der Waals surface area contributed by atoms with E-state index in [9.17, 15) is 9.90 Å². The van der Waals surface area contributed by atoms with Crippen LogP contribution in [0.2, 0.25) is 0 Å². The molecule has 0 aliphatic heterocycles. The van der Waals surface area contributed by atoms with E-state index in [1.165, 1.54) is 44.6 Å². The average Bonchev–Trinajstić information content (AvgIpc) is 2.79. The smallest absolute Gasteiger partial charge is 0.217 e. The van der Waals surface area contributed by atoms with Gasteiger partial charge in [0.2, 0.25) is 5.91 Å². The minimum atomic E-state index is -0.688. The van der Waals surface area contributed by atoms with Crippen molar-refractivity contribution in [3.63, 3.8) is 0 Å².